The Hall–Kier alpha value is -9.99. The van der Waals surface area contributed by atoms with Crippen LogP contribution in [-0.2, 0) is 11.3 Å². The number of anilines is 3. The SMILES string of the molecule is Cc1cccc(-c2ccc3c(-c4cn(CCN5CCOCC5)cn4)cnc(N)c3n2)c1.Nc1ncc(-c2ncn[nH]2)c2ccc(-c3cccc(F)c3)nc12.Nc1ncc(-c2nnco2)c2ccc(-c3cccc(F)c3)nc12. The van der Waals surface area contributed by atoms with E-state index < -0.39 is 0 Å². The molecule has 0 saturated carbocycles. The summed E-state index contributed by atoms with van der Waals surface area (Å²) in [6.45, 7) is 7.57. The van der Waals surface area contributed by atoms with Gasteiger partial charge in [0.15, 0.2) is 5.82 Å². The molecule has 0 unspecified atom stereocenters. The summed E-state index contributed by atoms with van der Waals surface area (Å²) >= 11 is 0. The molecule has 77 heavy (non-hydrogen) atoms. The third kappa shape index (κ3) is 10.8. The van der Waals surface area contributed by atoms with Gasteiger partial charge >= 0.3 is 0 Å². The van der Waals surface area contributed by atoms with Crippen molar-refractivity contribution < 1.29 is 17.9 Å². The van der Waals surface area contributed by atoms with Gasteiger partial charge in [0.2, 0.25) is 12.3 Å². The van der Waals surface area contributed by atoms with Gasteiger partial charge in [-0.3, -0.25) is 10.00 Å². The second kappa shape index (κ2) is 21.8. The number of hydrogen-bond donors (Lipinski definition) is 4. The molecule has 1 aliphatic heterocycles. The standard InChI is InChI=1S/C24H26N6O.C16H11FN6.C16H10FN5O/c1-17-3-2-4-18(13-17)21-6-5-19-20(14-26-24(25)23(19)28-21)22-15-30(16-27-22)8-7-29-9-11-31-12-10-29;17-10-3-1-2-9(6-10)13-5-4-11-12(16-20-8-21-23-16)7-19-15(18)14(11)22-13;17-10-3-1-2-9(6-10)13-5-4-11-12(16-22-20-8-23-16)7-19-15(18)14(11)21-13/h2-6,13-16H,7-12H2,1H3,(H2,25,26);1-8H,(H2,18,19)(H,20,21,23);1-8H,(H2,18,19). The second-order valence-electron chi connectivity index (χ2n) is 17.9. The number of fused-ring (bicyclic) bond motifs is 3. The number of halogens is 2. The van der Waals surface area contributed by atoms with Crippen molar-refractivity contribution in [3.63, 3.8) is 0 Å². The van der Waals surface area contributed by atoms with Crippen LogP contribution in [0.25, 0.3) is 101 Å². The highest BCUT2D eigenvalue weighted by molar-refractivity contribution is 6.00. The summed E-state index contributed by atoms with van der Waals surface area (Å²) in [5.74, 6) is 1.30. The molecule has 12 aromatic rings. The van der Waals surface area contributed by atoms with Gasteiger partial charge in [-0.1, -0.05) is 48.0 Å². The highest BCUT2D eigenvalue weighted by atomic mass is 19.1. The number of imidazole rings is 1. The number of pyridine rings is 6. The van der Waals surface area contributed by atoms with Crippen molar-refractivity contribution in [2.45, 2.75) is 13.5 Å². The van der Waals surface area contributed by atoms with Gasteiger partial charge in [0.1, 0.15) is 52.0 Å². The largest absolute Gasteiger partial charge is 0.423 e. The normalized spacial score (nSPS) is 12.6. The summed E-state index contributed by atoms with van der Waals surface area (Å²) in [5, 5.41) is 16.7. The lowest BCUT2D eigenvalue weighted by Gasteiger charge is -2.26. The number of ether oxygens (including phenoxy) is 1. The minimum Gasteiger partial charge on any atom is -0.423 e. The number of nitrogen functional groups attached to an aromatic ring is 3. The lowest BCUT2D eigenvalue weighted by Crippen LogP contribution is -2.38. The van der Waals surface area contributed by atoms with E-state index in [-0.39, 0.29) is 17.5 Å². The van der Waals surface area contributed by atoms with Gasteiger partial charge in [-0.2, -0.15) is 5.10 Å². The van der Waals surface area contributed by atoms with Crippen molar-refractivity contribution in [3.8, 4) is 67.9 Å². The Bertz CT molecular complexity index is 3870. The van der Waals surface area contributed by atoms with Gasteiger partial charge in [-0.15, -0.1) is 10.2 Å². The summed E-state index contributed by atoms with van der Waals surface area (Å²) in [5.41, 5.74) is 28.8. The van der Waals surface area contributed by atoms with E-state index in [1.165, 1.54) is 42.5 Å². The van der Waals surface area contributed by atoms with Gasteiger partial charge in [0.25, 0.3) is 0 Å². The first-order valence-electron chi connectivity index (χ1n) is 24.3. The maximum absolute atomic E-state index is 13.4. The molecule has 0 aliphatic carbocycles. The first kappa shape index (κ1) is 49.2. The van der Waals surface area contributed by atoms with Gasteiger partial charge < -0.3 is 30.9 Å². The quantitative estimate of drug-likeness (QED) is 0.105. The van der Waals surface area contributed by atoms with Crippen LogP contribution in [0.15, 0.2) is 157 Å². The molecule has 19 nitrogen and oxygen atoms in total. The van der Waals surface area contributed by atoms with Crippen LogP contribution in [0, 0.1) is 18.6 Å². The fourth-order valence-electron chi connectivity index (χ4n) is 8.88. The van der Waals surface area contributed by atoms with Crippen LogP contribution in [0.2, 0.25) is 0 Å². The molecule has 1 fully saturated rings. The molecule has 0 amide bonds. The zero-order valence-corrected chi connectivity index (χ0v) is 41.3. The summed E-state index contributed by atoms with van der Waals surface area (Å²) in [6, 6.07) is 32.2. The predicted octanol–water partition coefficient (Wildman–Crippen LogP) is 9.25. The van der Waals surface area contributed by atoms with Crippen molar-refractivity contribution in [1.29, 1.82) is 0 Å². The molecule has 21 heteroatoms. The average Bonchev–Trinajstić information content (AvgIpc) is 4.32. The molecule has 0 radical (unpaired) electrons. The van der Waals surface area contributed by atoms with E-state index in [4.69, 9.17) is 31.3 Å². The molecule has 1 aliphatic rings. The number of nitrogens with one attached hydrogen (secondary N) is 1. The number of aryl methyl sites for hydroxylation is 1. The number of hydrogen-bond acceptors (Lipinski definition) is 17. The van der Waals surface area contributed by atoms with E-state index in [0.29, 0.717) is 68.0 Å². The number of aromatic amines is 1. The summed E-state index contributed by atoms with van der Waals surface area (Å²) < 4.78 is 39.6. The first-order valence-corrected chi connectivity index (χ1v) is 24.3. The minimum absolute atomic E-state index is 0.279. The molecule has 0 bridgehead atoms. The van der Waals surface area contributed by atoms with Crippen molar-refractivity contribution in [1.82, 2.24) is 69.7 Å². The van der Waals surface area contributed by atoms with Gasteiger partial charge in [-0.05, 0) is 73.7 Å². The maximum Gasteiger partial charge on any atom is 0.249 e. The molecule has 10 heterocycles. The Labute approximate surface area is 437 Å². The monoisotopic (exact) mass is 1030 g/mol. The number of rotatable bonds is 9. The minimum atomic E-state index is -0.324. The number of morpholine rings is 1. The van der Waals surface area contributed by atoms with E-state index in [0.717, 1.165) is 83.6 Å². The van der Waals surface area contributed by atoms with Gasteiger partial charge in [0, 0.05) is 94.9 Å². The number of nitrogens with zero attached hydrogens (tertiary/aromatic N) is 13. The van der Waals surface area contributed by atoms with Gasteiger partial charge in [0.05, 0.1) is 47.9 Å². The van der Waals surface area contributed by atoms with E-state index in [1.807, 2.05) is 36.7 Å². The van der Waals surface area contributed by atoms with Crippen molar-refractivity contribution in [2.24, 2.45) is 0 Å². The number of nitrogens with two attached hydrogens (primary N) is 3. The Morgan fingerprint density at radius 2 is 1.13 bits per heavy atom. The molecule has 7 N–H and O–H groups in total. The highest BCUT2D eigenvalue weighted by Gasteiger charge is 2.17. The van der Waals surface area contributed by atoms with Crippen molar-refractivity contribution in [3.05, 3.63) is 170 Å². The fourth-order valence-corrected chi connectivity index (χ4v) is 8.88. The maximum atomic E-state index is 13.4. The van der Waals surface area contributed by atoms with Crippen LogP contribution in [0.3, 0.4) is 0 Å². The zero-order chi connectivity index (χ0) is 52.8. The lowest BCUT2D eigenvalue weighted by molar-refractivity contribution is 0.0364. The van der Waals surface area contributed by atoms with Gasteiger partial charge in [-0.25, -0.2) is 48.7 Å². The van der Waals surface area contributed by atoms with E-state index in [9.17, 15) is 8.78 Å². The van der Waals surface area contributed by atoms with Crippen LogP contribution in [0.5, 0.6) is 0 Å². The molecule has 13 rings (SSSR count). The van der Waals surface area contributed by atoms with Crippen LogP contribution < -0.4 is 17.2 Å². The number of aromatic nitrogens is 13. The smallest absolute Gasteiger partial charge is 0.249 e. The highest BCUT2D eigenvalue weighted by Crippen LogP contribution is 2.34. The predicted molar refractivity (Wildman–Crippen MR) is 290 cm³/mol. The third-order valence-electron chi connectivity index (χ3n) is 12.8. The van der Waals surface area contributed by atoms with Crippen LogP contribution >= 0.6 is 0 Å². The molecule has 9 aromatic heterocycles. The number of benzene rings is 3. The van der Waals surface area contributed by atoms with Crippen LogP contribution in [0.4, 0.5) is 26.2 Å². The van der Waals surface area contributed by atoms with E-state index >= 15 is 0 Å². The Morgan fingerprint density at radius 1 is 0.584 bits per heavy atom. The zero-order valence-electron chi connectivity index (χ0n) is 41.3. The molecular formula is C56H47F2N17O2. The van der Waals surface area contributed by atoms with E-state index in [2.05, 4.69) is 102 Å². The van der Waals surface area contributed by atoms with E-state index in [1.54, 1.807) is 48.9 Å². The summed E-state index contributed by atoms with van der Waals surface area (Å²) in [4.78, 5) is 37.8. The second-order valence-corrected chi connectivity index (χ2v) is 17.9. The molecule has 3 aromatic carbocycles. The lowest BCUT2D eigenvalue weighted by atomic mass is 10.0. The third-order valence-corrected chi connectivity index (χ3v) is 12.8. The number of H-pyrrole nitrogens is 1. The van der Waals surface area contributed by atoms with Crippen LogP contribution in [0.1, 0.15) is 5.56 Å². The summed E-state index contributed by atoms with van der Waals surface area (Å²) in [6.07, 6.45) is 11.6. The van der Waals surface area contributed by atoms with Crippen molar-refractivity contribution in [2.75, 3.05) is 50.0 Å². The average molecular weight is 1030 g/mol. The topological polar surface area (TPSA) is 266 Å². The molecule has 0 atom stereocenters. The van der Waals surface area contributed by atoms with Crippen LogP contribution in [-0.4, -0.2) is 103 Å². The fraction of sp³-hybridized carbons (Fsp3) is 0.125. The molecule has 0 spiro atoms. The van der Waals surface area contributed by atoms with Crippen molar-refractivity contribution >= 4 is 50.2 Å². The molecule has 382 valence electrons. The first-order chi connectivity index (χ1) is 37.6. The molecule has 1 saturated heterocycles. The Morgan fingerprint density at radius 3 is 1.68 bits per heavy atom. The summed E-state index contributed by atoms with van der Waals surface area (Å²) in [7, 11) is 0. The molecular weight excluding hydrogens is 981 g/mol. The Kier molecular flexibility index (Phi) is 14.0. The Balaban J connectivity index is 0.000000125.